The average molecular weight is 557 g/mol. The van der Waals surface area contributed by atoms with Crippen molar-refractivity contribution in [3.63, 3.8) is 0 Å². The van der Waals surface area contributed by atoms with Crippen LogP contribution < -0.4 is 10.7 Å². The lowest BCUT2D eigenvalue weighted by atomic mass is 10.1. The van der Waals surface area contributed by atoms with Crippen LogP contribution in [0.15, 0.2) is 65.8 Å². The zero-order valence-electron chi connectivity index (χ0n) is 12.9. The van der Waals surface area contributed by atoms with Crippen LogP contribution in [0.1, 0.15) is 0 Å². The molecule has 0 spiro atoms. The van der Waals surface area contributed by atoms with Gasteiger partial charge in [0.1, 0.15) is 12.4 Å². The van der Waals surface area contributed by atoms with Gasteiger partial charge in [0.25, 0.3) is 0 Å². The molecule has 2 heterocycles. The van der Waals surface area contributed by atoms with E-state index in [0.29, 0.717) is 13.0 Å². The van der Waals surface area contributed by atoms with Crippen molar-refractivity contribution in [1.82, 2.24) is 9.55 Å². The highest BCUT2D eigenvalue weighted by Gasteiger charge is 2.08. The zero-order valence-corrected chi connectivity index (χ0v) is 17.3. The average Bonchev–Trinajstić information content (AvgIpc) is 2.61. The second-order valence-corrected chi connectivity index (χ2v) is 7.63. The summed E-state index contributed by atoms with van der Waals surface area (Å²) in [6.45, 7) is 0.119. The van der Waals surface area contributed by atoms with Gasteiger partial charge in [-0.05, 0) is 62.9 Å². The van der Waals surface area contributed by atoms with Crippen molar-refractivity contribution < 1.29 is 4.79 Å². The fourth-order valence-corrected chi connectivity index (χ4v) is 4.08. The number of hydrogen-bond donors (Lipinski definition) is 1. The Kier molecular flexibility index (Phi) is 5.84. The summed E-state index contributed by atoms with van der Waals surface area (Å²) in [7, 11) is 0. The fraction of sp³-hybridized carbons (Fsp3) is 0.0556. The minimum atomic E-state index is -0.199. The van der Waals surface area contributed by atoms with Gasteiger partial charge in [-0.3, -0.25) is 9.59 Å². The molecule has 0 aliphatic heterocycles. The highest BCUT2D eigenvalue weighted by atomic mass is 127. The number of nitrogens with zero attached hydrogens (tertiary/aromatic N) is 2. The van der Waals surface area contributed by atoms with Crippen LogP contribution in [0.5, 0.6) is 0 Å². The first-order valence-electron chi connectivity index (χ1n) is 7.39. The number of pyridine rings is 2. The zero-order chi connectivity index (χ0) is 17.8. The predicted molar refractivity (Wildman–Crippen MR) is 114 cm³/mol. The quantitative estimate of drug-likeness (QED) is 0.498. The van der Waals surface area contributed by atoms with Gasteiger partial charge in [-0.15, -0.1) is 0 Å². The highest BCUT2D eigenvalue weighted by molar-refractivity contribution is 14.1. The summed E-state index contributed by atoms with van der Waals surface area (Å²) >= 11 is 3.95. The molecule has 3 rings (SSSR count). The van der Waals surface area contributed by atoms with Crippen molar-refractivity contribution in [1.29, 1.82) is 0 Å². The van der Waals surface area contributed by atoms with Crippen LogP contribution in [-0.2, 0) is 11.3 Å². The maximum Gasteiger partial charge on any atom is 0.245 e. The molecule has 126 valence electrons. The molecule has 0 saturated heterocycles. The number of halogens is 2. The Hall–Kier alpha value is -1.75. The summed E-state index contributed by atoms with van der Waals surface area (Å²) in [5.74, 6) is 0.297. The first-order chi connectivity index (χ1) is 12.0. The number of nitrogens with one attached hydrogen (secondary N) is 1. The molecule has 0 aliphatic carbocycles. The van der Waals surface area contributed by atoms with E-state index in [1.54, 1.807) is 29.2 Å². The largest absolute Gasteiger partial charge is 0.343 e. The monoisotopic (exact) mass is 557 g/mol. The van der Waals surface area contributed by atoms with E-state index >= 15 is 0 Å². The van der Waals surface area contributed by atoms with Crippen LogP contribution in [-0.4, -0.2) is 15.5 Å². The van der Waals surface area contributed by atoms with Crippen LogP contribution in [0.25, 0.3) is 11.1 Å². The van der Waals surface area contributed by atoms with Crippen LogP contribution in [0, 0.1) is 7.14 Å². The molecule has 1 N–H and O–H groups in total. The lowest BCUT2D eigenvalue weighted by Gasteiger charge is -2.09. The third-order valence-corrected chi connectivity index (χ3v) is 4.99. The van der Waals surface area contributed by atoms with E-state index < -0.39 is 0 Å². The number of carbonyl (C=O) groups is 1. The molecule has 3 aromatic rings. The van der Waals surface area contributed by atoms with Crippen molar-refractivity contribution in [3.05, 3.63) is 78.4 Å². The molecule has 0 unspecified atom stereocenters. The molecular weight excluding hydrogens is 544 g/mol. The Morgan fingerprint density at radius 1 is 1.00 bits per heavy atom. The van der Waals surface area contributed by atoms with E-state index in [0.717, 1.165) is 11.1 Å². The third-order valence-electron chi connectivity index (χ3n) is 3.46. The topological polar surface area (TPSA) is 64.0 Å². The van der Waals surface area contributed by atoms with Crippen molar-refractivity contribution in [2.75, 3.05) is 5.32 Å². The van der Waals surface area contributed by atoms with Gasteiger partial charge in [-0.2, -0.15) is 0 Å². The van der Waals surface area contributed by atoms with Crippen molar-refractivity contribution >= 4 is 56.9 Å². The van der Waals surface area contributed by atoms with E-state index in [1.807, 2.05) is 81.6 Å². The minimum Gasteiger partial charge on any atom is -0.343 e. The van der Waals surface area contributed by atoms with Gasteiger partial charge in [0, 0.05) is 24.2 Å². The lowest BCUT2D eigenvalue weighted by Crippen LogP contribution is -2.22. The maximum absolute atomic E-state index is 12.2. The van der Waals surface area contributed by atoms with E-state index in [2.05, 4.69) is 10.3 Å². The van der Waals surface area contributed by atoms with Gasteiger partial charge < -0.3 is 9.88 Å². The molecule has 0 radical (unpaired) electrons. The van der Waals surface area contributed by atoms with E-state index in [4.69, 9.17) is 0 Å². The third kappa shape index (κ3) is 4.66. The van der Waals surface area contributed by atoms with Crippen molar-refractivity contribution in [3.8, 4) is 11.1 Å². The van der Waals surface area contributed by atoms with Crippen LogP contribution >= 0.6 is 45.2 Å². The molecule has 7 heteroatoms. The van der Waals surface area contributed by atoms with Gasteiger partial charge in [0.15, 0.2) is 0 Å². The minimum absolute atomic E-state index is 0.0176. The highest BCUT2D eigenvalue weighted by Crippen LogP contribution is 2.18. The summed E-state index contributed by atoms with van der Waals surface area (Å²) in [6, 6.07) is 13.6. The Balaban J connectivity index is 1.68. The fourth-order valence-electron chi connectivity index (χ4n) is 2.27. The van der Waals surface area contributed by atoms with Crippen LogP contribution in [0.3, 0.4) is 0 Å². The standard InChI is InChI=1S/C18H13I2N3O2/c19-14-9-23(10-15(20)18(14)25)11-17(24)22-16-7-6-13(8-21-16)12-4-2-1-3-5-12/h1-10H,11H2,(H,21,22,24). The second-order valence-electron chi connectivity index (χ2n) is 5.30. The van der Waals surface area contributed by atoms with E-state index in [9.17, 15) is 9.59 Å². The van der Waals surface area contributed by atoms with Gasteiger partial charge in [0.05, 0.1) is 7.14 Å². The molecule has 0 bridgehead atoms. The number of rotatable bonds is 4. The second kappa shape index (κ2) is 8.09. The molecule has 0 atom stereocenters. The number of aromatic nitrogens is 2. The molecule has 1 amide bonds. The van der Waals surface area contributed by atoms with Crippen molar-refractivity contribution in [2.45, 2.75) is 6.54 Å². The number of benzene rings is 1. The van der Waals surface area contributed by atoms with E-state index in [-0.39, 0.29) is 17.9 Å². The summed E-state index contributed by atoms with van der Waals surface area (Å²) in [5.41, 5.74) is 2.05. The molecule has 1 aromatic carbocycles. The maximum atomic E-state index is 12.2. The van der Waals surface area contributed by atoms with Gasteiger partial charge >= 0.3 is 0 Å². The summed E-state index contributed by atoms with van der Waals surface area (Å²) in [4.78, 5) is 28.2. The smallest absolute Gasteiger partial charge is 0.245 e. The first kappa shape index (κ1) is 18.1. The SMILES string of the molecule is O=C(Cn1cc(I)c(=O)c(I)c1)Nc1ccc(-c2ccccc2)cn1. The summed E-state index contributed by atoms with van der Waals surface area (Å²) in [6.07, 6.45) is 5.06. The number of carbonyl (C=O) groups excluding carboxylic acids is 1. The lowest BCUT2D eigenvalue weighted by molar-refractivity contribution is -0.116. The molecule has 5 nitrogen and oxygen atoms in total. The van der Waals surface area contributed by atoms with Crippen molar-refractivity contribution in [2.24, 2.45) is 0 Å². The molecule has 0 aliphatic rings. The van der Waals surface area contributed by atoms with Gasteiger partial charge in [0.2, 0.25) is 11.3 Å². The van der Waals surface area contributed by atoms with E-state index in [1.165, 1.54) is 0 Å². The predicted octanol–water partition coefficient (Wildman–Crippen LogP) is 3.76. The van der Waals surface area contributed by atoms with Gasteiger partial charge in [-0.25, -0.2) is 4.98 Å². The Morgan fingerprint density at radius 3 is 2.28 bits per heavy atom. The molecule has 2 aromatic heterocycles. The summed E-state index contributed by atoms with van der Waals surface area (Å²) in [5, 5.41) is 2.77. The Morgan fingerprint density at radius 2 is 1.68 bits per heavy atom. The van der Waals surface area contributed by atoms with Gasteiger partial charge in [-0.1, -0.05) is 30.3 Å². The van der Waals surface area contributed by atoms with Crippen LogP contribution in [0.4, 0.5) is 5.82 Å². The normalized spacial score (nSPS) is 10.5. The molecule has 0 fully saturated rings. The molecule has 0 saturated carbocycles. The summed E-state index contributed by atoms with van der Waals surface area (Å²) < 4.78 is 2.86. The molecular formula is C18H13I2N3O2. The Bertz CT molecular complexity index is 928. The Labute approximate surface area is 171 Å². The molecule has 25 heavy (non-hydrogen) atoms. The number of amides is 1. The number of hydrogen-bond acceptors (Lipinski definition) is 3. The first-order valence-corrected chi connectivity index (χ1v) is 9.55. The van der Waals surface area contributed by atoms with Crippen LogP contribution in [0.2, 0.25) is 0 Å². The number of anilines is 1.